The predicted octanol–water partition coefficient (Wildman–Crippen LogP) is -2.82. The summed E-state index contributed by atoms with van der Waals surface area (Å²) in [7, 11) is 0. The summed E-state index contributed by atoms with van der Waals surface area (Å²) in [6.45, 7) is 4.37. The fourth-order valence-corrected chi connectivity index (χ4v) is 12.3. The summed E-state index contributed by atoms with van der Waals surface area (Å²) in [4.78, 5) is 12.7. The van der Waals surface area contributed by atoms with E-state index in [1.165, 1.54) is 6.92 Å². The first-order valence-electron chi connectivity index (χ1n) is 20.5. The fourth-order valence-electron chi connectivity index (χ4n) is 12.3. The first-order chi connectivity index (χ1) is 27.0. The standard InChI is InChI=1S/C39H60O18/c1-14-26(44)29(47)31(49)36(52-14)57-33-32(56-35-30(48)27(45)21(43)13-51-35)28(46)23(12-41)54-37(33)55-24-9-16(42)8-15-4-5-17-19(39(15,24)3)6-7-38(2)20(17)10-22-25(38)18(11-40)34(50)53-22/h4,14,16-33,35-37,40-49H,5-13H2,1-3H3/t14-,16+,17+,18+,19-,20-,21+,22-,23+,24-,25-,26-,27-,28+,29+,30+,31+,32-,33+,35-,36-,37-,38-,39-/m0/s1. The Balaban J connectivity index is 1.12. The number of fused-ring (bicyclic) bond motifs is 7. The van der Waals surface area contributed by atoms with Crippen LogP contribution in [0, 0.1) is 40.4 Å². The molecule has 8 aliphatic rings. The Kier molecular flexibility index (Phi) is 11.7. The molecule has 4 aliphatic carbocycles. The zero-order valence-electron chi connectivity index (χ0n) is 32.4. The normalized spacial score (nSPS) is 56.2. The molecule has 4 aliphatic heterocycles. The van der Waals surface area contributed by atoms with Crippen LogP contribution in [-0.2, 0) is 38.0 Å². The van der Waals surface area contributed by atoms with E-state index in [0.29, 0.717) is 12.8 Å². The summed E-state index contributed by atoms with van der Waals surface area (Å²) in [5.74, 6) is -0.632. The number of hydrogen-bond donors (Lipinski definition) is 10. The second-order valence-electron chi connectivity index (χ2n) is 18.3. The highest BCUT2D eigenvalue weighted by atomic mass is 16.8. The number of hydrogen-bond acceptors (Lipinski definition) is 18. The van der Waals surface area contributed by atoms with Gasteiger partial charge in [0.05, 0.1) is 44.1 Å². The van der Waals surface area contributed by atoms with Crippen LogP contribution in [0.15, 0.2) is 11.6 Å². The third-order valence-electron chi connectivity index (χ3n) is 15.4. The smallest absolute Gasteiger partial charge is 0.312 e. The Morgan fingerprint density at radius 1 is 0.789 bits per heavy atom. The van der Waals surface area contributed by atoms with Crippen molar-refractivity contribution in [2.75, 3.05) is 19.8 Å². The quantitative estimate of drug-likeness (QED) is 0.0874. The maximum atomic E-state index is 12.7. The van der Waals surface area contributed by atoms with E-state index >= 15 is 0 Å². The molecule has 0 aromatic rings. The third kappa shape index (κ3) is 6.83. The molecule has 18 nitrogen and oxygen atoms in total. The van der Waals surface area contributed by atoms with Crippen LogP contribution in [0.1, 0.15) is 59.3 Å². The lowest BCUT2D eigenvalue weighted by Crippen LogP contribution is -2.67. The average molecular weight is 817 g/mol. The molecule has 8 rings (SSSR count). The Morgan fingerprint density at radius 3 is 2.23 bits per heavy atom. The van der Waals surface area contributed by atoms with Crippen molar-refractivity contribution >= 4 is 5.97 Å². The lowest BCUT2D eigenvalue weighted by Gasteiger charge is -2.60. The second-order valence-corrected chi connectivity index (χ2v) is 18.3. The molecule has 57 heavy (non-hydrogen) atoms. The summed E-state index contributed by atoms with van der Waals surface area (Å²) in [6, 6.07) is 0. The molecule has 0 aromatic heterocycles. The van der Waals surface area contributed by atoms with Gasteiger partial charge in [-0.25, -0.2) is 0 Å². The molecule has 0 aromatic carbocycles. The number of aliphatic hydroxyl groups excluding tert-OH is 10. The fraction of sp³-hybridized carbons (Fsp3) is 0.923. The van der Waals surface area contributed by atoms with Gasteiger partial charge < -0.3 is 84.2 Å². The van der Waals surface area contributed by atoms with E-state index in [4.69, 9.17) is 33.2 Å². The van der Waals surface area contributed by atoms with Crippen LogP contribution < -0.4 is 0 Å². The topological polar surface area (TPSA) is 284 Å². The summed E-state index contributed by atoms with van der Waals surface area (Å²) in [5, 5.41) is 107. The van der Waals surface area contributed by atoms with Crippen molar-refractivity contribution in [2.24, 2.45) is 40.4 Å². The van der Waals surface area contributed by atoms with Crippen LogP contribution in [0.5, 0.6) is 0 Å². The minimum Gasteiger partial charge on any atom is -0.462 e. The Labute approximate surface area is 330 Å². The highest BCUT2D eigenvalue weighted by molar-refractivity contribution is 5.76. The van der Waals surface area contributed by atoms with Gasteiger partial charge in [0.15, 0.2) is 18.9 Å². The van der Waals surface area contributed by atoms with Crippen LogP contribution >= 0.6 is 0 Å². The summed E-state index contributed by atoms with van der Waals surface area (Å²) >= 11 is 0. The average Bonchev–Trinajstić information content (AvgIpc) is 3.66. The molecule has 4 heterocycles. The van der Waals surface area contributed by atoms with Gasteiger partial charge in [-0.15, -0.1) is 0 Å². The number of esters is 1. The Morgan fingerprint density at radius 2 is 1.51 bits per heavy atom. The van der Waals surface area contributed by atoms with Crippen LogP contribution in [-0.4, -0.2) is 181 Å². The SMILES string of the molecule is C[C@@H]1O[C@@H](O[C@H]2[C@H](O[C@H]3C[C@H](O)CC4=CC[C@H]5[C@@H]6C[C@@H]7OC(=O)[C@H](CO)[C@@H]7[C@@]6(C)CC[C@@H]5[C@]43C)O[C@H](CO)[C@@H](O)[C@@H]2O[C@@H]2OC[C@@H](O)[C@H](O)[C@H]2O)[C@H](O)[C@H](O)[C@H]1O. The lowest BCUT2D eigenvalue weighted by molar-refractivity contribution is -0.393. The van der Waals surface area contributed by atoms with E-state index in [1.54, 1.807) is 0 Å². The van der Waals surface area contributed by atoms with Gasteiger partial charge in [0.1, 0.15) is 67.1 Å². The van der Waals surface area contributed by atoms with E-state index < -0.39 is 123 Å². The predicted molar refractivity (Wildman–Crippen MR) is 189 cm³/mol. The van der Waals surface area contributed by atoms with Gasteiger partial charge in [-0.2, -0.15) is 0 Å². The zero-order valence-corrected chi connectivity index (χ0v) is 32.4. The molecule has 7 fully saturated rings. The molecule has 0 spiro atoms. The minimum atomic E-state index is -1.80. The van der Waals surface area contributed by atoms with E-state index in [1.807, 2.05) is 0 Å². The Hall–Kier alpha value is -1.43. The number of aliphatic hydroxyl groups is 10. The molecule has 24 atom stereocenters. The van der Waals surface area contributed by atoms with Crippen molar-refractivity contribution in [1.29, 1.82) is 0 Å². The molecular formula is C39H60O18. The van der Waals surface area contributed by atoms with E-state index in [0.717, 1.165) is 24.8 Å². The van der Waals surface area contributed by atoms with Crippen molar-refractivity contribution in [3.05, 3.63) is 11.6 Å². The van der Waals surface area contributed by atoms with Crippen LogP contribution in [0.2, 0.25) is 0 Å². The molecule has 18 heteroatoms. The number of allylic oxidation sites excluding steroid dienone is 1. The van der Waals surface area contributed by atoms with Gasteiger partial charge in [0.25, 0.3) is 0 Å². The van der Waals surface area contributed by atoms with E-state index in [9.17, 15) is 55.9 Å². The number of rotatable bonds is 8. The van der Waals surface area contributed by atoms with Crippen molar-refractivity contribution in [2.45, 2.75) is 164 Å². The first-order valence-corrected chi connectivity index (χ1v) is 20.5. The van der Waals surface area contributed by atoms with Crippen molar-refractivity contribution in [3.8, 4) is 0 Å². The Bertz CT molecular complexity index is 1500. The summed E-state index contributed by atoms with van der Waals surface area (Å²) in [6.07, 6.45) is -17.9. The number of carbonyl (C=O) groups is 1. The number of ether oxygens (including phenoxy) is 7. The van der Waals surface area contributed by atoms with E-state index in [2.05, 4.69) is 19.9 Å². The molecule has 0 bridgehead atoms. The maximum absolute atomic E-state index is 12.7. The number of carbonyl (C=O) groups excluding carboxylic acids is 1. The molecular weight excluding hydrogens is 756 g/mol. The lowest BCUT2D eigenvalue weighted by atomic mass is 9.46. The monoisotopic (exact) mass is 816 g/mol. The maximum Gasteiger partial charge on any atom is 0.312 e. The largest absolute Gasteiger partial charge is 0.462 e. The zero-order chi connectivity index (χ0) is 40.9. The molecule has 4 saturated heterocycles. The summed E-state index contributed by atoms with van der Waals surface area (Å²) < 4.78 is 42.6. The van der Waals surface area contributed by atoms with E-state index in [-0.39, 0.29) is 54.2 Å². The highest BCUT2D eigenvalue weighted by Gasteiger charge is 2.68. The highest BCUT2D eigenvalue weighted by Crippen LogP contribution is 2.69. The van der Waals surface area contributed by atoms with Gasteiger partial charge in [-0.1, -0.05) is 25.5 Å². The van der Waals surface area contributed by atoms with Crippen molar-refractivity contribution in [3.63, 3.8) is 0 Å². The molecule has 0 unspecified atom stereocenters. The molecule has 0 radical (unpaired) electrons. The van der Waals surface area contributed by atoms with Crippen LogP contribution in [0.3, 0.4) is 0 Å². The first kappa shape index (κ1) is 42.3. The van der Waals surface area contributed by atoms with Crippen LogP contribution in [0.4, 0.5) is 0 Å². The molecule has 0 amide bonds. The van der Waals surface area contributed by atoms with Crippen molar-refractivity contribution in [1.82, 2.24) is 0 Å². The van der Waals surface area contributed by atoms with Gasteiger partial charge in [-0.05, 0) is 62.2 Å². The second kappa shape index (κ2) is 15.8. The molecule has 10 N–H and O–H groups in total. The molecule has 3 saturated carbocycles. The van der Waals surface area contributed by atoms with Gasteiger partial charge >= 0.3 is 5.97 Å². The third-order valence-corrected chi connectivity index (χ3v) is 15.4. The minimum absolute atomic E-state index is 0.0455. The van der Waals surface area contributed by atoms with Crippen LogP contribution in [0.25, 0.3) is 0 Å². The molecule has 324 valence electrons. The van der Waals surface area contributed by atoms with Gasteiger partial charge in [0, 0.05) is 17.8 Å². The summed E-state index contributed by atoms with van der Waals surface area (Å²) in [5.41, 5.74) is 0.0860. The van der Waals surface area contributed by atoms with Crippen molar-refractivity contribution < 1.29 is 89.0 Å². The van der Waals surface area contributed by atoms with Gasteiger partial charge in [0.2, 0.25) is 0 Å². The van der Waals surface area contributed by atoms with Gasteiger partial charge in [-0.3, -0.25) is 4.79 Å².